The zero-order chi connectivity index (χ0) is 30.0. The highest BCUT2D eigenvalue weighted by molar-refractivity contribution is 5.94. The number of amides is 2. The number of alkyl halides is 3. The molecule has 1 aliphatic rings. The van der Waals surface area contributed by atoms with E-state index >= 15 is 0 Å². The quantitative estimate of drug-likeness (QED) is 0.296. The molecule has 0 unspecified atom stereocenters. The maximum absolute atomic E-state index is 14.1. The van der Waals surface area contributed by atoms with E-state index in [-0.39, 0.29) is 48.4 Å². The van der Waals surface area contributed by atoms with Crippen molar-refractivity contribution < 1.29 is 36.3 Å². The zero-order valence-electron chi connectivity index (χ0n) is 21.9. The Morgan fingerprint density at radius 2 is 1.83 bits per heavy atom. The van der Waals surface area contributed by atoms with Crippen LogP contribution in [0.4, 0.5) is 22.0 Å². The van der Waals surface area contributed by atoms with Gasteiger partial charge in [-0.05, 0) is 54.3 Å². The molecule has 0 saturated carbocycles. The number of hydrogen-bond acceptors (Lipinski definition) is 5. The number of nitrogens with one attached hydrogen (secondary N) is 1. The van der Waals surface area contributed by atoms with Crippen molar-refractivity contribution in [3.63, 3.8) is 0 Å². The summed E-state index contributed by atoms with van der Waals surface area (Å²) in [5.41, 5.74) is 6.24. The smallest absolute Gasteiger partial charge is 0.375 e. The molecule has 1 aliphatic heterocycles. The maximum atomic E-state index is 14.1. The molecule has 2 amide bonds. The summed E-state index contributed by atoms with van der Waals surface area (Å²) in [6.07, 6.45) is -3.37. The van der Waals surface area contributed by atoms with Gasteiger partial charge in [0.15, 0.2) is 5.69 Å². The van der Waals surface area contributed by atoms with Crippen LogP contribution in [0.2, 0.25) is 0 Å². The second kappa shape index (κ2) is 11.7. The average molecular weight is 586 g/mol. The van der Waals surface area contributed by atoms with Gasteiger partial charge in [0.25, 0.3) is 0 Å². The van der Waals surface area contributed by atoms with E-state index in [0.29, 0.717) is 22.9 Å². The van der Waals surface area contributed by atoms with Gasteiger partial charge in [0.05, 0.1) is 30.6 Å². The average Bonchev–Trinajstić information content (AvgIpc) is 3.31. The minimum absolute atomic E-state index is 0.00121. The van der Waals surface area contributed by atoms with Crippen LogP contribution in [0.25, 0.3) is 11.1 Å². The van der Waals surface area contributed by atoms with Crippen molar-refractivity contribution in [2.45, 2.75) is 38.2 Å². The molecule has 218 valence electrons. The van der Waals surface area contributed by atoms with E-state index in [9.17, 15) is 31.5 Å². The predicted octanol–water partition coefficient (Wildman–Crippen LogP) is 4.51. The van der Waals surface area contributed by atoms with Gasteiger partial charge in [-0.3, -0.25) is 19.3 Å². The standard InChI is InChI=1S/C29H24F5N5O3/c30-19-9-16(10-20(31)13-19)11-23(26-21(5-2-7-36-26)17-3-1-4-18(12-17)28(35)41)37-25(40)14-39-24-15-42-8-6-22(24)27(38-39)29(32,33)34/h1-5,7,9-10,12-13,23H,6,8,11,14-15H2,(H2,35,41)(H,37,40)/t23-/m0/s1. The molecule has 3 heterocycles. The van der Waals surface area contributed by atoms with Gasteiger partial charge in [-0.1, -0.05) is 18.2 Å². The number of carbonyl (C=O) groups is 2. The summed E-state index contributed by atoms with van der Waals surface area (Å²) < 4.78 is 75.3. The number of carbonyl (C=O) groups excluding carboxylic acids is 2. The highest BCUT2D eigenvalue weighted by Gasteiger charge is 2.40. The lowest BCUT2D eigenvalue weighted by Crippen LogP contribution is -2.34. The number of rotatable bonds is 8. The summed E-state index contributed by atoms with van der Waals surface area (Å²) in [6.45, 7) is -0.618. The highest BCUT2D eigenvalue weighted by atomic mass is 19.4. The summed E-state index contributed by atoms with van der Waals surface area (Å²) >= 11 is 0. The molecule has 3 N–H and O–H groups in total. The van der Waals surface area contributed by atoms with Crippen molar-refractivity contribution in [2.75, 3.05) is 6.61 Å². The van der Waals surface area contributed by atoms with E-state index in [1.54, 1.807) is 24.3 Å². The van der Waals surface area contributed by atoms with Crippen LogP contribution in [0.5, 0.6) is 0 Å². The molecule has 0 spiro atoms. The molecule has 1 atom stereocenters. The fourth-order valence-electron chi connectivity index (χ4n) is 5.00. The van der Waals surface area contributed by atoms with Crippen molar-refractivity contribution in [1.29, 1.82) is 0 Å². The van der Waals surface area contributed by atoms with Gasteiger partial charge in [-0.25, -0.2) is 8.78 Å². The van der Waals surface area contributed by atoms with Crippen molar-refractivity contribution in [3.05, 3.63) is 106 Å². The van der Waals surface area contributed by atoms with Crippen LogP contribution in [0.1, 0.15) is 44.6 Å². The lowest BCUT2D eigenvalue weighted by atomic mass is 9.94. The summed E-state index contributed by atoms with van der Waals surface area (Å²) in [5, 5.41) is 6.42. The molecule has 0 bridgehead atoms. The first-order valence-electron chi connectivity index (χ1n) is 12.8. The van der Waals surface area contributed by atoms with Crippen LogP contribution in [0.3, 0.4) is 0 Å². The number of fused-ring (bicyclic) bond motifs is 1. The molecular weight excluding hydrogens is 561 g/mol. The highest BCUT2D eigenvalue weighted by Crippen LogP contribution is 2.35. The summed E-state index contributed by atoms with van der Waals surface area (Å²) in [7, 11) is 0. The molecule has 0 fully saturated rings. The van der Waals surface area contributed by atoms with Crippen molar-refractivity contribution in [2.24, 2.45) is 5.73 Å². The normalized spacial score (nSPS) is 13.8. The molecule has 4 aromatic rings. The third-order valence-electron chi connectivity index (χ3n) is 6.79. The second-order valence-electron chi connectivity index (χ2n) is 9.72. The van der Waals surface area contributed by atoms with Gasteiger partial charge in [-0.15, -0.1) is 0 Å². The second-order valence-corrected chi connectivity index (χ2v) is 9.72. The minimum Gasteiger partial charge on any atom is -0.375 e. The van der Waals surface area contributed by atoms with Gasteiger partial charge < -0.3 is 15.8 Å². The van der Waals surface area contributed by atoms with E-state index in [1.165, 1.54) is 18.3 Å². The number of benzene rings is 2. The fraction of sp³-hybridized carbons (Fsp3) is 0.241. The molecule has 5 rings (SSSR count). The number of pyridine rings is 1. The third kappa shape index (κ3) is 6.30. The van der Waals surface area contributed by atoms with Gasteiger partial charge in [0.2, 0.25) is 11.8 Å². The van der Waals surface area contributed by atoms with Crippen molar-refractivity contribution in [3.8, 4) is 11.1 Å². The van der Waals surface area contributed by atoms with Crippen LogP contribution >= 0.6 is 0 Å². The third-order valence-corrected chi connectivity index (χ3v) is 6.79. The van der Waals surface area contributed by atoms with Gasteiger partial charge in [0, 0.05) is 29.0 Å². The molecule has 13 heteroatoms. The van der Waals surface area contributed by atoms with Crippen LogP contribution in [-0.4, -0.2) is 33.2 Å². The van der Waals surface area contributed by atoms with Crippen molar-refractivity contribution in [1.82, 2.24) is 20.1 Å². The van der Waals surface area contributed by atoms with E-state index < -0.39 is 47.9 Å². The Hall–Kier alpha value is -4.65. The van der Waals surface area contributed by atoms with Crippen LogP contribution in [-0.2, 0) is 41.7 Å². The summed E-state index contributed by atoms with van der Waals surface area (Å²) in [5.74, 6) is -3.03. The Balaban J connectivity index is 1.51. The molecule has 42 heavy (non-hydrogen) atoms. The zero-order valence-corrected chi connectivity index (χ0v) is 21.9. The lowest BCUT2D eigenvalue weighted by Gasteiger charge is -2.22. The number of ether oxygens (including phenoxy) is 1. The van der Waals surface area contributed by atoms with Gasteiger partial charge in [-0.2, -0.15) is 18.3 Å². The largest absolute Gasteiger partial charge is 0.435 e. The summed E-state index contributed by atoms with van der Waals surface area (Å²) in [6, 6.07) is 11.6. The number of halogens is 5. The van der Waals surface area contributed by atoms with Crippen LogP contribution in [0.15, 0.2) is 60.8 Å². The molecule has 0 radical (unpaired) electrons. The molecule has 2 aromatic heterocycles. The maximum Gasteiger partial charge on any atom is 0.435 e. The number of primary amides is 1. The lowest BCUT2D eigenvalue weighted by molar-refractivity contribution is -0.142. The first kappa shape index (κ1) is 28.9. The number of nitrogens with two attached hydrogens (primary N) is 1. The van der Waals surface area contributed by atoms with Gasteiger partial charge >= 0.3 is 6.18 Å². The van der Waals surface area contributed by atoms with E-state index in [1.807, 2.05) is 0 Å². The van der Waals surface area contributed by atoms with Crippen molar-refractivity contribution >= 4 is 11.8 Å². The molecule has 2 aromatic carbocycles. The van der Waals surface area contributed by atoms with Crippen LogP contribution in [0, 0.1) is 11.6 Å². The Morgan fingerprint density at radius 1 is 1.07 bits per heavy atom. The topological polar surface area (TPSA) is 112 Å². The number of nitrogens with zero attached hydrogens (tertiary/aromatic N) is 3. The first-order valence-corrected chi connectivity index (χ1v) is 12.8. The molecule has 8 nitrogen and oxygen atoms in total. The van der Waals surface area contributed by atoms with Crippen LogP contribution < -0.4 is 11.1 Å². The number of aromatic nitrogens is 3. The van der Waals surface area contributed by atoms with Gasteiger partial charge in [0.1, 0.15) is 18.2 Å². The SMILES string of the molecule is NC(=O)c1cccc(-c2cccnc2[C@H](Cc2cc(F)cc(F)c2)NC(=O)Cn2nc(C(F)(F)F)c3c2COCC3)c1. The Morgan fingerprint density at radius 3 is 2.55 bits per heavy atom. The number of hydrogen-bond donors (Lipinski definition) is 2. The van der Waals surface area contributed by atoms with E-state index in [2.05, 4.69) is 15.4 Å². The summed E-state index contributed by atoms with van der Waals surface area (Å²) in [4.78, 5) is 29.5. The first-order chi connectivity index (χ1) is 20.0. The fourth-order valence-corrected chi connectivity index (χ4v) is 5.00. The predicted molar refractivity (Wildman–Crippen MR) is 140 cm³/mol. The van der Waals surface area contributed by atoms with E-state index in [0.717, 1.165) is 16.8 Å². The Labute approximate surface area is 236 Å². The molecular formula is C29H24F5N5O3. The Kier molecular flexibility index (Phi) is 8.03. The molecule has 0 saturated heterocycles. The molecule has 0 aliphatic carbocycles. The van der Waals surface area contributed by atoms with E-state index in [4.69, 9.17) is 10.5 Å². The monoisotopic (exact) mass is 585 g/mol. The minimum atomic E-state index is -4.71. The Bertz CT molecular complexity index is 1630.